The van der Waals surface area contributed by atoms with Crippen molar-refractivity contribution in [2.24, 2.45) is 0 Å². The molecular formula is C18H26N2O4S. The van der Waals surface area contributed by atoms with Crippen LogP contribution in [-0.2, 0) is 10.0 Å². The lowest BCUT2D eigenvalue weighted by molar-refractivity contribution is 0.0696. The molecule has 0 saturated heterocycles. The summed E-state index contributed by atoms with van der Waals surface area (Å²) >= 11 is 0. The standard InChI is InChI=1S/C18H26N2O4S/c1-13(2)20-16-9-8-15(18(21)22)12-17(16)25(23,24)19-11-10-14-6-4-3-5-7-14/h6,8-9,12-13,19-20H,3-5,7,10-11H2,1-2H3,(H,21,22). The molecule has 0 amide bonds. The van der Waals surface area contributed by atoms with Gasteiger partial charge in [0.2, 0.25) is 10.0 Å². The zero-order chi connectivity index (χ0) is 18.4. The van der Waals surface area contributed by atoms with Crippen molar-refractivity contribution in [1.29, 1.82) is 0 Å². The fourth-order valence-electron chi connectivity index (χ4n) is 2.86. The molecule has 0 unspecified atom stereocenters. The largest absolute Gasteiger partial charge is 0.478 e. The topological polar surface area (TPSA) is 95.5 Å². The summed E-state index contributed by atoms with van der Waals surface area (Å²) in [7, 11) is -3.80. The molecule has 3 N–H and O–H groups in total. The van der Waals surface area contributed by atoms with Crippen LogP contribution in [0.1, 0.15) is 56.3 Å². The summed E-state index contributed by atoms with van der Waals surface area (Å²) in [5.41, 5.74) is 1.64. The lowest BCUT2D eigenvalue weighted by atomic mass is 9.97. The summed E-state index contributed by atoms with van der Waals surface area (Å²) in [5, 5.41) is 12.2. The number of carbonyl (C=O) groups is 1. The molecule has 1 aromatic rings. The van der Waals surface area contributed by atoms with E-state index >= 15 is 0 Å². The van der Waals surface area contributed by atoms with Crippen LogP contribution in [0.15, 0.2) is 34.7 Å². The second-order valence-electron chi connectivity index (χ2n) is 6.57. The molecule has 1 aliphatic carbocycles. The molecule has 0 aromatic heterocycles. The van der Waals surface area contributed by atoms with E-state index < -0.39 is 16.0 Å². The minimum Gasteiger partial charge on any atom is -0.478 e. The molecule has 0 atom stereocenters. The second kappa shape index (κ2) is 8.49. The number of nitrogens with one attached hydrogen (secondary N) is 2. The Hall–Kier alpha value is -1.86. The number of benzene rings is 1. The molecule has 0 fully saturated rings. The third-order valence-electron chi connectivity index (χ3n) is 4.09. The summed E-state index contributed by atoms with van der Waals surface area (Å²) in [4.78, 5) is 11.2. The van der Waals surface area contributed by atoms with E-state index in [-0.39, 0.29) is 16.5 Å². The van der Waals surface area contributed by atoms with Gasteiger partial charge in [0.1, 0.15) is 4.90 Å². The van der Waals surface area contributed by atoms with E-state index in [0.29, 0.717) is 18.7 Å². The highest BCUT2D eigenvalue weighted by Crippen LogP contribution is 2.24. The fraction of sp³-hybridized carbons (Fsp3) is 0.500. The van der Waals surface area contributed by atoms with E-state index in [1.807, 2.05) is 13.8 Å². The normalized spacial score (nSPS) is 15.1. The lowest BCUT2D eigenvalue weighted by Gasteiger charge is -2.17. The smallest absolute Gasteiger partial charge is 0.335 e. The van der Waals surface area contributed by atoms with Crippen LogP contribution in [0, 0.1) is 0 Å². The average Bonchev–Trinajstić information content (AvgIpc) is 2.55. The SMILES string of the molecule is CC(C)Nc1ccc(C(=O)O)cc1S(=O)(=O)NCCC1=CCCCC1. The Morgan fingerprint density at radius 2 is 2.04 bits per heavy atom. The molecule has 0 spiro atoms. The molecule has 138 valence electrons. The maximum atomic E-state index is 12.7. The van der Waals surface area contributed by atoms with Crippen molar-refractivity contribution < 1.29 is 18.3 Å². The van der Waals surface area contributed by atoms with Gasteiger partial charge in [-0.2, -0.15) is 0 Å². The quantitative estimate of drug-likeness (QED) is 0.613. The first-order valence-electron chi connectivity index (χ1n) is 8.61. The first kappa shape index (κ1) is 19.5. The summed E-state index contributed by atoms with van der Waals surface area (Å²) < 4.78 is 28.0. The highest BCUT2D eigenvalue weighted by molar-refractivity contribution is 7.89. The molecule has 2 rings (SSSR count). The second-order valence-corrected chi connectivity index (χ2v) is 8.31. The minimum absolute atomic E-state index is 0.0250. The minimum atomic E-state index is -3.80. The predicted octanol–water partition coefficient (Wildman–Crippen LogP) is 3.37. The van der Waals surface area contributed by atoms with Crippen molar-refractivity contribution in [2.45, 2.75) is 56.9 Å². The fourth-order valence-corrected chi connectivity index (χ4v) is 4.09. The maximum Gasteiger partial charge on any atom is 0.335 e. The van der Waals surface area contributed by atoms with Gasteiger partial charge in [0.25, 0.3) is 0 Å². The van der Waals surface area contributed by atoms with Crippen LogP contribution in [0.4, 0.5) is 5.69 Å². The first-order valence-corrected chi connectivity index (χ1v) is 10.1. The third kappa shape index (κ3) is 5.57. The van der Waals surface area contributed by atoms with Crippen LogP contribution in [0.25, 0.3) is 0 Å². The molecular weight excluding hydrogens is 340 g/mol. The van der Waals surface area contributed by atoms with Gasteiger partial charge in [0.15, 0.2) is 0 Å². The van der Waals surface area contributed by atoms with Gasteiger partial charge in [-0.25, -0.2) is 17.9 Å². The highest BCUT2D eigenvalue weighted by Gasteiger charge is 2.21. The van der Waals surface area contributed by atoms with Crippen molar-refractivity contribution >= 4 is 21.7 Å². The van der Waals surface area contributed by atoms with Gasteiger partial charge >= 0.3 is 5.97 Å². The monoisotopic (exact) mass is 366 g/mol. The predicted molar refractivity (Wildman–Crippen MR) is 98.5 cm³/mol. The van der Waals surface area contributed by atoms with Crippen molar-refractivity contribution in [3.8, 4) is 0 Å². The van der Waals surface area contributed by atoms with Crippen LogP contribution in [0.2, 0.25) is 0 Å². The van der Waals surface area contributed by atoms with Gasteiger partial charge in [-0.15, -0.1) is 0 Å². The Bertz CT molecular complexity index is 754. The van der Waals surface area contributed by atoms with Gasteiger partial charge in [-0.1, -0.05) is 11.6 Å². The Kier molecular flexibility index (Phi) is 6.61. The van der Waals surface area contributed by atoms with Crippen molar-refractivity contribution in [1.82, 2.24) is 4.72 Å². The Balaban J connectivity index is 2.18. The van der Waals surface area contributed by atoms with Gasteiger partial charge < -0.3 is 10.4 Å². The van der Waals surface area contributed by atoms with Gasteiger partial charge in [0, 0.05) is 12.6 Å². The number of hydrogen-bond donors (Lipinski definition) is 3. The zero-order valence-electron chi connectivity index (χ0n) is 14.7. The molecule has 0 heterocycles. The number of anilines is 1. The molecule has 6 nitrogen and oxygen atoms in total. The Labute approximate surface area is 149 Å². The lowest BCUT2D eigenvalue weighted by Crippen LogP contribution is -2.27. The van der Waals surface area contributed by atoms with Crippen molar-refractivity contribution in [3.05, 3.63) is 35.4 Å². The number of carboxylic acid groups (broad SMARTS) is 1. The number of rotatable bonds is 8. The molecule has 25 heavy (non-hydrogen) atoms. The molecule has 0 aliphatic heterocycles. The van der Waals surface area contributed by atoms with Crippen molar-refractivity contribution in [2.75, 3.05) is 11.9 Å². The maximum absolute atomic E-state index is 12.7. The van der Waals surface area contributed by atoms with Crippen LogP contribution < -0.4 is 10.0 Å². The van der Waals surface area contributed by atoms with E-state index in [1.54, 1.807) is 0 Å². The number of sulfonamides is 1. The van der Waals surface area contributed by atoms with Crippen LogP contribution >= 0.6 is 0 Å². The molecule has 0 saturated carbocycles. The van der Waals surface area contributed by atoms with Crippen molar-refractivity contribution in [3.63, 3.8) is 0 Å². The molecule has 0 radical (unpaired) electrons. The molecule has 1 aromatic carbocycles. The summed E-state index contributed by atoms with van der Waals surface area (Å²) in [6.45, 7) is 4.10. The van der Waals surface area contributed by atoms with E-state index in [4.69, 9.17) is 5.11 Å². The third-order valence-corrected chi connectivity index (χ3v) is 5.59. The number of hydrogen-bond acceptors (Lipinski definition) is 4. The van der Waals surface area contributed by atoms with Crippen LogP contribution in [-0.4, -0.2) is 32.1 Å². The van der Waals surface area contributed by atoms with E-state index in [1.165, 1.54) is 30.2 Å². The molecule has 7 heteroatoms. The average molecular weight is 366 g/mol. The molecule has 0 bridgehead atoms. The van der Waals surface area contributed by atoms with Crippen LogP contribution in [0.3, 0.4) is 0 Å². The van der Waals surface area contributed by atoms with Gasteiger partial charge in [-0.05, 0) is 64.2 Å². The molecule has 1 aliphatic rings. The van der Waals surface area contributed by atoms with E-state index in [0.717, 1.165) is 19.3 Å². The summed E-state index contributed by atoms with van der Waals surface area (Å²) in [5.74, 6) is -1.15. The van der Waals surface area contributed by atoms with Gasteiger partial charge in [-0.3, -0.25) is 0 Å². The first-order chi connectivity index (χ1) is 11.8. The highest BCUT2D eigenvalue weighted by atomic mass is 32.2. The van der Waals surface area contributed by atoms with Gasteiger partial charge in [0.05, 0.1) is 11.3 Å². The Morgan fingerprint density at radius 3 is 2.64 bits per heavy atom. The number of aromatic carboxylic acids is 1. The van der Waals surface area contributed by atoms with E-state index in [9.17, 15) is 13.2 Å². The van der Waals surface area contributed by atoms with Crippen LogP contribution in [0.5, 0.6) is 0 Å². The number of carboxylic acids is 1. The number of allylic oxidation sites excluding steroid dienone is 1. The Morgan fingerprint density at radius 1 is 1.28 bits per heavy atom. The summed E-state index contributed by atoms with van der Waals surface area (Å²) in [6.07, 6.45) is 7.31. The summed E-state index contributed by atoms with van der Waals surface area (Å²) in [6, 6.07) is 4.13. The van der Waals surface area contributed by atoms with E-state index in [2.05, 4.69) is 16.1 Å². The zero-order valence-corrected chi connectivity index (χ0v) is 15.5.